The molecular weight excluding hydrogens is 234 g/mol. The minimum Gasteiger partial charge on any atom is -0.382 e. The maximum atomic E-state index is 5.37. The van der Waals surface area contributed by atoms with Crippen molar-refractivity contribution in [2.45, 2.75) is 26.3 Å². The van der Waals surface area contributed by atoms with Gasteiger partial charge in [-0.25, -0.2) is 4.98 Å². The van der Waals surface area contributed by atoms with E-state index in [0.717, 1.165) is 16.7 Å². The van der Waals surface area contributed by atoms with Crippen LogP contribution < -0.4 is 0 Å². The lowest BCUT2D eigenvalue weighted by molar-refractivity contribution is 0.111. The summed E-state index contributed by atoms with van der Waals surface area (Å²) in [6.45, 7) is 6.77. The molecular formula is C12H17N3OS. The number of H-pyrrole nitrogens is 1. The third-order valence-corrected chi connectivity index (χ3v) is 3.05. The fourth-order valence-corrected chi connectivity index (χ4v) is 2.52. The van der Waals surface area contributed by atoms with Crippen LogP contribution in [0.25, 0.3) is 11.2 Å². The van der Waals surface area contributed by atoms with E-state index in [0.29, 0.717) is 11.4 Å². The number of nitrogens with zero attached hydrogens (tertiary/aromatic N) is 2. The molecule has 0 aliphatic carbocycles. The second-order valence-electron chi connectivity index (χ2n) is 4.89. The molecule has 5 heteroatoms. The predicted molar refractivity (Wildman–Crippen MR) is 70.9 cm³/mol. The zero-order valence-electron chi connectivity index (χ0n) is 10.6. The summed E-state index contributed by atoms with van der Waals surface area (Å²) in [5.74, 6) is 0. The zero-order valence-corrected chi connectivity index (χ0v) is 11.4. The molecule has 0 atom stereocenters. The molecule has 2 aromatic heterocycles. The average molecular weight is 251 g/mol. The summed E-state index contributed by atoms with van der Waals surface area (Å²) >= 11 is 5.37. The number of pyridine rings is 1. The van der Waals surface area contributed by atoms with E-state index < -0.39 is 0 Å². The van der Waals surface area contributed by atoms with Gasteiger partial charge in [-0.15, -0.1) is 0 Å². The molecule has 0 aromatic carbocycles. The van der Waals surface area contributed by atoms with Gasteiger partial charge in [0, 0.05) is 13.3 Å². The van der Waals surface area contributed by atoms with Gasteiger partial charge in [0.2, 0.25) is 0 Å². The number of imidazole rings is 1. The summed E-state index contributed by atoms with van der Waals surface area (Å²) < 4.78 is 7.94. The van der Waals surface area contributed by atoms with Gasteiger partial charge in [0.25, 0.3) is 0 Å². The number of aromatic nitrogens is 3. The van der Waals surface area contributed by atoms with Crippen LogP contribution in [0.1, 0.15) is 19.4 Å². The zero-order chi connectivity index (χ0) is 12.6. The van der Waals surface area contributed by atoms with Crippen LogP contribution in [0.5, 0.6) is 0 Å². The van der Waals surface area contributed by atoms with Crippen LogP contribution >= 0.6 is 12.2 Å². The van der Waals surface area contributed by atoms with Crippen LogP contribution in [-0.2, 0) is 10.3 Å². The molecule has 4 nitrogen and oxygen atoms in total. The van der Waals surface area contributed by atoms with Crippen LogP contribution in [0.3, 0.4) is 0 Å². The quantitative estimate of drug-likeness (QED) is 0.853. The van der Waals surface area contributed by atoms with E-state index in [1.807, 2.05) is 17.7 Å². The third-order valence-electron chi connectivity index (χ3n) is 2.76. The minimum absolute atomic E-state index is 0.216. The lowest BCUT2D eigenvalue weighted by Gasteiger charge is -2.25. The first kappa shape index (κ1) is 12.3. The van der Waals surface area contributed by atoms with Crippen LogP contribution in [0.15, 0.2) is 12.3 Å². The molecule has 2 rings (SSSR count). The number of methoxy groups -OCH3 is 1. The molecule has 1 N–H and O–H groups in total. The molecule has 0 fully saturated rings. The highest BCUT2D eigenvalue weighted by Crippen LogP contribution is 2.22. The monoisotopic (exact) mass is 251 g/mol. The van der Waals surface area contributed by atoms with Crippen molar-refractivity contribution in [3.05, 3.63) is 22.6 Å². The SMILES string of the molecule is COCC(C)(C)n1c(=S)[nH]c2cc(C)cnc21. The fraction of sp³-hybridized carbons (Fsp3) is 0.500. The standard InChI is InChI=1S/C12H17N3OS/c1-8-5-9-10(13-6-8)15(11(17)14-9)12(2,3)7-16-4/h5-6H,7H2,1-4H3,(H,14,17). The van der Waals surface area contributed by atoms with Gasteiger partial charge in [-0.05, 0) is 44.6 Å². The van der Waals surface area contributed by atoms with Gasteiger partial charge in [-0.3, -0.25) is 4.57 Å². The van der Waals surface area contributed by atoms with E-state index in [2.05, 4.69) is 29.9 Å². The van der Waals surface area contributed by atoms with Crippen molar-refractivity contribution < 1.29 is 4.74 Å². The molecule has 0 aliphatic rings. The number of hydrogen-bond acceptors (Lipinski definition) is 3. The predicted octanol–water partition coefficient (Wildman–Crippen LogP) is 2.78. The lowest BCUT2D eigenvalue weighted by Crippen LogP contribution is -2.31. The van der Waals surface area contributed by atoms with Crippen molar-refractivity contribution in [2.75, 3.05) is 13.7 Å². The molecule has 92 valence electrons. The topological polar surface area (TPSA) is 42.8 Å². The number of aryl methyl sites for hydroxylation is 1. The van der Waals surface area contributed by atoms with Crippen molar-refractivity contribution in [1.29, 1.82) is 0 Å². The number of ether oxygens (including phenoxy) is 1. The lowest BCUT2D eigenvalue weighted by atomic mass is 10.1. The molecule has 0 aliphatic heterocycles. The van der Waals surface area contributed by atoms with Crippen LogP contribution in [-0.4, -0.2) is 28.3 Å². The number of fused-ring (bicyclic) bond motifs is 1. The maximum absolute atomic E-state index is 5.37. The van der Waals surface area contributed by atoms with Gasteiger partial charge in [-0.2, -0.15) is 0 Å². The molecule has 17 heavy (non-hydrogen) atoms. The van der Waals surface area contributed by atoms with Crippen molar-refractivity contribution in [3.8, 4) is 0 Å². The first-order valence-electron chi connectivity index (χ1n) is 5.52. The second-order valence-corrected chi connectivity index (χ2v) is 5.28. The van der Waals surface area contributed by atoms with Gasteiger partial charge < -0.3 is 9.72 Å². The highest BCUT2D eigenvalue weighted by Gasteiger charge is 2.24. The molecule has 0 unspecified atom stereocenters. The van der Waals surface area contributed by atoms with Crippen molar-refractivity contribution >= 4 is 23.4 Å². The van der Waals surface area contributed by atoms with E-state index in [1.54, 1.807) is 7.11 Å². The number of rotatable bonds is 3. The molecule has 0 saturated heterocycles. The first-order valence-corrected chi connectivity index (χ1v) is 5.93. The largest absolute Gasteiger partial charge is 0.382 e. The van der Waals surface area contributed by atoms with E-state index in [4.69, 9.17) is 17.0 Å². The molecule has 0 amide bonds. The third kappa shape index (κ3) is 2.12. The summed E-state index contributed by atoms with van der Waals surface area (Å²) in [6, 6.07) is 2.05. The Labute approximate surface area is 106 Å². The Morgan fingerprint density at radius 1 is 1.53 bits per heavy atom. The average Bonchev–Trinajstić information content (AvgIpc) is 2.53. The Kier molecular flexibility index (Phi) is 3.05. The molecule has 0 radical (unpaired) electrons. The molecule has 0 spiro atoms. The summed E-state index contributed by atoms with van der Waals surface area (Å²) in [5.41, 5.74) is 2.75. The molecule has 2 aromatic rings. The van der Waals surface area contributed by atoms with Crippen molar-refractivity contribution in [1.82, 2.24) is 14.5 Å². The highest BCUT2D eigenvalue weighted by molar-refractivity contribution is 7.71. The van der Waals surface area contributed by atoms with E-state index >= 15 is 0 Å². The molecule has 2 heterocycles. The van der Waals surface area contributed by atoms with E-state index in [9.17, 15) is 0 Å². The van der Waals surface area contributed by atoms with E-state index in [1.165, 1.54) is 0 Å². The van der Waals surface area contributed by atoms with Crippen LogP contribution in [0.4, 0.5) is 0 Å². The van der Waals surface area contributed by atoms with Crippen molar-refractivity contribution in [2.24, 2.45) is 0 Å². The van der Waals surface area contributed by atoms with Gasteiger partial charge >= 0.3 is 0 Å². The Morgan fingerprint density at radius 2 is 2.24 bits per heavy atom. The number of aromatic amines is 1. The number of hydrogen-bond donors (Lipinski definition) is 1. The normalized spacial score (nSPS) is 12.2. The van der Waals surface area contributed by atoms with Crippen molar-refractivity contribution in [3.63, 3.8) is 0 Å². The Hall–Kier alpha value is -1.20. The smallest absolute Gasteiger partial charge is 0.179 e. The number of nitrogens with one attached hydrogen (secondary N) is 1. The highest BCUT2D eigenvalue weighted by atomic mass is 32.1. The van der Waals surface area contributed by atoms with Gasteiger partial charge in [0.05, 0.1) is 17.7 Å². The van der Waals surface area contributed by atoms with E-state index in [-0.39, 0.29) is 5.54 Å². The Balaban J connectivity index is 2.69. The second kappa shape index (κ2) is 4.23. The summed E-state index contributed by atoms with van der Waals surface area (Å²) in [7, 11) is 1.69. The summed E-state index contributed by atoms with van der Waals surface area (Å²) in [6.07, 6.45) is 1.85. The maximum Gasteiger partial charge on any atom is 0.179 e. The van der Waals surface area contributed by atoms with Crippen LogP contribution in [0.2, 0.25) is 0 Å². The Morgan fingerprint density at radius 3 is 2.88 bits per heavy atom. The fourth-order valence-electron chi connectivity index (χ4n) is 2.08. The van der Waals surface area contributed by atoms with Gasteiger partial charge in [0.1, 0.15) is 0 Å². The van der Waals surface area contributed by atoms with Gasteiger partial charge in [-0.1, -0.05) is 0 Å². The first-order chi connectivity index (χ1) is 7.95. The van der Waals surface area contributed by atoms with Gasteiger partial charge in [0.15, 0.2) is 10.4 Å². The minimum atomic E-state index is -0.216. The molecule has 0 saturated carbocycles. The molecule has 0 bridgehead atoms. The summed E-state index contributed by atoms with van der Waals surface area (Å²) in [4.78, 5) is 7.65. The summed E-state index contributed by atoms with van der Waals surface area (Å²) in [5, 5.41) is 0. The van der Waals surface area contributed by atoms with Crippen LogP contribution in [0, 0.1) is 11.7 Å². The Bertz CT molecular complexity index is 597.